The summed E-state index contributed by atoms with van der Waals surface area (Å²) in [6.07, 6.45) is 0. The van der Waals surface area contributed by atoms with Gasteiger partial charge in [-0.3, -0.25) is 0 Å². The number of ether oxygens (including phenoxy) is 2. The Hall–Kier alpha value is -5.04. The standard InChI is InChI=1S/C31H33N5O5/c1-7-35(8-2)23-11-9-20(10-12-23)27-26(17-32)28(34-31(39)33-27)25-13-18(3)36(19(25)4)24-15-21(29(37)40-5)14-22(16-24)30(38)41-6/h9-16,27H,7-8H2,1-6H3,(H2,33,34,39)/t27-/m0/s1. The fourth-order valence-electron chi connectivity index (χ4n) is 5.24. The third-order valence-electron chi connectivity index (χ3n) is 7.27. The number of hydrogen-bond acceptors (Lipinski definition) is 7. The molecule has 212 valence electrons. The molecule has 4 rings (SSSR count). The highest BCUT2D eigenvalue weighted by molar-refractivity contribution is 5.96. The number of carbonyl (C=O) groups is 3. The number of nitrogens with one attached hydrogen (secondary N) is 2. The normalized spacial score (nSPS) is 14.6. The molecule has 1 aromatic heterocycles. The van der Waals surface area contributed by atoms with Gasteiger partial charge < -0.3 is 29.6 Å². The van der Waals surface area contributed by atoms with E-state index in [0.29, 0.717) is 28.2 Å². The van der Waals surface area contributed by atoms with E-state index in [2.05, 4.69) is 35.5 Å². The van der Waals surface area contributed by atoms with Crippen LogP contribution in [0.4, 0.5) is 10.5 Å². The van der Waals surface area contributed by atoms with E-state index < -0.39 is 24.0 Å². The number of amides is 2. The Morgan fingerprint density at radius 1 is 0.976 bits per heavy atom. The molecule has 0 bridgehead atoms. The minimum absolute atomic E-state index is 0.180. The lowest BCUT2D eigenvalue weighted by Crippen LogP contribution is -2.43. The zero-order valence-corrected chi connectivity index (χ0v) is 24.0. The van der Waals surface area contributed by atoms with E-state index in [4.69, 9.17) is 9.47 Å². The Labute approximate surface area is 239 Å². The number of nitriles is 1. The molecule has 0 aliphatic carbocycles. The van der Waals surface area contributed by atoms with Crippen molar-refractivity contribution >= 4 is 29.4 Å². The zero-order valence-electron chi connectivity index (χ0n) is 24.0. The lowest BCUT2D eigenvalue weighted by Gasteiger charge is -2.28. The molecular formula is C31H33N5O5. The van der Waals surface area contributed by atoms with E-state index in [1.165, 1.54) is 20.3 Å². The highest BCUT2D eigenvalue weighted by Gasteiger charge is 2.31. The quantitative estimate of drug-likeness (QED) is 0.382. The topological polar surface area (TPSA) is 126 Å². The van der Waals surface area contributed by atoms with Gasteiger partial charge in [0.1, 0.15) is 0 Å². The number of urea groups is 1. The first-order valence-corrected chi connectivity index (χ1v) is 13.2. The fourth-order valence-corrected chi connectivity index (χ4v) is 5.24. The van der Waals surface area contributed by atoms with Crippen molar-refractivity contribution < 1.29 is 23.9 Å². The predicted octanol–water partition coefficient (Wildman–Crippen LogP) is 4.80. The first-order chi connectivity index (χ1) is 19.7. The Morgan fingerprint density at radius 2 is 1.56 bits per heavy atom. The molecule has 1 atom stereocenters. The number of anilines is 1. The van der Waals surface area contributed by atoms with E-state index in [1.54, 1.807) is 12.1 Å². The van der Waals surface area contributed by atoms with E-state index in [0.717, 1.165) is 30.0 Å². The summed E-state index contributed by atoms with van der Waals surface area (Å²) in [5.74, 6) is -1.20. The van der Waals surface area contributed by atoms with Crippen LogP contribution >= 0.6 is 0 Å². The van der Waals surface area contributed by atoms with Crippen LogP contribution in [-0.2, 0) is 9.47 Å². The van der Waals surface area contributed by atoms with Gasteiger partial charge in [0.05, 0.1) is 48.7 Å². The molecule has 2 amide bonds. The minimum Gasteiger partial charge on any atom is -0.465 e. The monoisotopic (exact) mass is 555 g/mol. The van der Waals surface area contributed by atoms with E-state index in [-0.39, 0.29) is 11.1 Å². The molecule has 2 heterocycles. The molecule has 0 fully saturated rings. The number of hydrogen-bond donors (Lipinski definition) is 2. The molecule has 1 aliphatic heterocycles. The summed E-state index contributed by atoms with van der Waals surface area (Å²) in [6.45, 7) is 9.61. The van der Waals surface area contributed by atoms with Crippen LogP contribution in [0.15, 0.2) is 54.1 Å². The van der Waals surface area contributed by atoms with Crippen LogP contribution in [0, 0.1) is 25.2 Å². The second kappa shape index (κ2) is 12.0. The molecule has 2 N–H and O–H groups in total. The first kappa shape index (κ1) is 29.0. The third kappa shape index (κ3) is 5.52. The number of aromatic nitrogens is 1. The van der Waals surface area contributed by atoms with Crippen molar-refractivity contribution in [3.05, 3.63) is 87.7 Å². The van der Waals surface area contributed by atoms with Gasteiger partial charge in [-0.15, -0.1) is 0 Å². The summed E-state index contributed by atoms with van der Waals surface area (Å²) in [5, 5.41) is 16.0. The van der Waals surface area contributed by atoms with Crippen LogP contribution < -0.4 is 15.5 Å². The van der Waals surface area contributed by atoms with Crippen molar-refractivity contribution in [1.29, 1.82) is 5.26 Å². The number of rotatable bonds is 8. The van der Waals surface area contributed by atoms with Gasteiger partial charge in [-0.1, -0.05) is 12.1 Å². The van der Waals surface area contributed by atoms with Crippen molar-refractivity contribution in [2.75, 3.05) is 32.2 Å². The number of benzene rings is 2. The van der Waals surface area contributed by atoms with Crippen molar-refractivity contribution in [3.8, 4) is 11.8 Å². The number of aryl methyl sites for hydroxylation is 1. The van der Waals surface area contributed by atoms with E-state index in [1.807, 2.05) is 48.7 Å². The van der Waals surface area contributed by atoms with E-state index >= 15 is 0 Å². The maximum atomic E-state index is 12.9. The summed E-state index contributed by atoms with van der Waals surface area (Å²) in [7, 11) is 2.53. The van der Waals surface area contributed by atoms with Gasteiger partial charge in [0.25, 0.3) is 0 Å². The maximum Gasteiger partial charge on any atom is 0.337 e. The smallest absolute Gasteiger partial charge is 0.337 e. The second-order valence-corrected chi connectivity index (χ2v) is 9.57. The maximum absolute atomic E-state index is 12.9. The number of esters is 2. The van der Waals surface area contributed by atoms with Gasteiger partial charge in [-0.2, -0.15) is 5.26 Å². The van der Waals surface area contributed by atoms with Crippen LogP contribution in [0.1, 0.15) is 63.1 Å². The van der Waals surface area contributed by atoms with Crippen LogP contribution in [0.5, 0.6) is 0 Å². The number of methoxy groups -OCH3 is 2. The van der Waals surface area contributed by atoms with Crippen molar-refractivity contribution in [1.82, 2.24) is 15.2 Å². The van der Waals surface area contributed by atoms with E-state index in [9.17, 15) is 19.6 Å². The second-order valence-electron chi connectivity index (χ2n) is 9.57. The van der Waals surface area contributed by atoms with Gasteiger partial charge in [-0.25, -0.2) is 14.4 Å². The summed E-state index contributed by atoms with van der Waals surface area (Å²) in [6, 6.07) is 15.6. The van der Waals surface area contributed by atoms with Gasteiger partial charge in [-0.05, 0) is 69.7 Å². The summed E-state index contributed by atoms with van der Waals surface area (Å²) < 4.78 is 11.6. The Kier molecular flexibility index (Phi) is 8.48. The number of carbonyl (C=O) groups excluding carboxylic acids is 3. The molecule has 3 aromatic rings. The van der Waals surface area contributed by atoms with Gasteiger partial charge in [0.2, 0.25) is 0 Å². The highest BCUT2D eigenvalue weighted by Crippen LogP contribution is 2.35. The predicted molar refractivity (Wildman–Crippen MR) is 155 cm³/mol. The number of nitrogens with zero attached hydrogens (tertiary/aromatic N) is 3. The Bertz CT molecular complexity index is 1540. The molecule has 41 heavy (non-hydrogen) atoms. The Morgan fingerprint density at radius 3 is 2.07 bits per heavy atom. The average molecular weight is 556 g/mol. The van der Waals surface area contributed by atoms with Crippen molar-refractivity contribution in [2.24, 2.45) is 0 Å². The summed E-state index contributed by atoms with van der Waals surface area (Å²) in [4.78, 5) is 39.8. The molecule has 10 heteroatoms. The van der Waals surface area contributed by atoms with Crippen LogP contribution in [0.25, 0.3) is 11.4 Å². The SMILES string of the molecule is CCN(CC)c1ccc([C@@H]2NC(=O)NC(c3cc(C)n(-c4cc(C(=O)OC)cc(C(=O)OC)c4)c3C)=C2C#N)cc1. The molecule has 0 unspecified atom stereocenters. The first-order valence-electron chi connectivity index (χ1n) is 13.2. The minimum atomic E-state index is -0.647. The summed E-state index contributed by atoms with van der Waals surface area (Å²) in [5.41, 5.74) is 5.58. The molecule has 1 aliphatic rings. The van der Waals surface area contributed by atoms with Crippen LogP contribution in [0.2, 0.25) is 0 Å². The molecule has 0 radical (unpaired) electrons. The van der Waals surface area contributed by atoms with Gasteiger partial charge >= 0.3 is 18.0 Å². The third-order valence-corrected chi connectivity index (χ3v) is 7.27. The van der Waals surface area contributed by atoms with Crippen molar-refractivity contribution in [3.63, 3.8) is 0 Å². The summed E-state index contributed by atoms with van der Waals surface area (Å²) >= 11 is 0. The molecule has 0 saturated heterocycles. The Balaban J connectivity index is 1.84. The molecule has 2 aromatic carbocycles. The molecular weight excluding hydrogens is 522 g/mol. The lowest BCUT2D eigenvalue weighted by atomic mass is 9.93. The van der Waals surface area contributed by atoms with Gasteiger partial charge in [0.15, 0.2) is 0 Å². The zero-order chi connectivity index (χ0) is 29.8. The largest absolute Gasteiger partial charge is 0.465 e. The van der Waals surface area contributed by atoms with Crippen LogP contribution in [-0.4, -0.2) is 49.8 Å². The van der Waals surface area contributed by atoms with Crippen LogP contribution in [0.3, 0.4) is 0 Å². The fraction of sp³-hybridized carbons (Fsp3) is 0.290. The van der Waals surface area contributed by atoms with Crippen molar-refractivity contribution in [2.45, 2.75) is 33.7 Å². The average Bonchev–Trinajstić information content (AvgIpc) is 3.29. The molecule has 10 nitrogen and oxygen atoms in total. The molecule has 0 spiro atoms. The highest BCUT2D eigenvalue weighted by atomic mass is 16.5. The lowest BCUT2D eigenvalue weighted by molar-refractivity contribution is 0.0599. The molecule has 0 saturated carbocycles. The van der Waals surface area contributed by atoms with Gasteiger partial charge in [0, 0.05) is 41.4 Å².